The molecule has 1 amide bonds. The summed E-state index contributed by atoms with van der Waals surface area (Å²) < 4.78 is 12.2. The number of primary amides is 1. The number of benzene rings is 1. The highest BCUT2D eigenvalue weighted by atomic mass is 32.1. The molecule has 1 aliphatic heterocycles. The van der Waals surface area contributed by atoms with Crippen LogP contribution in [-0.4, -0.2) is 36.2 Å². The molecule has 0 saturated carbocycles. The first-order valence-electron chi connectivity index (χ1n) is 9.85. The second kappa shape index (κ2) is 8.08. The summed E-state index contributed by atoms with van der Waals surface area (Å²) >= 11 is 1.58. The highest BCUT2D eigenvalue weighted by molar-refractivity contribution is 7.22. The van der Waals surface area contributed by atoms with Crippen molar-refractivity contribution < 1.29 is 14.3 Å². The van der Waals surface area contributed by atoms with Crippen molar-refractivity contribution in [3.63, 3.8) is 0 Å². The van der Waals surface area contributed by atoms with E-state index in [0.717, 1.165) is 58.3 Å². The normalized spacial score (nSPS) is 15.2. The highest BCUT2D eigenvalue weighted by Crippen LogP contribution is 2.43. The Morgan fingerprint density at radius 3 is 2.69 bits per heavy atom. The molecular formula is C22H25N3O3S. The lowest BCUT2D eigenvalue weighted by Crippen LogP contribution is -2.14. The van der Waals surface area contributed by atoms with Gasteiger partial charge in [-0.1, -0.05) is 19.9 Å². The Bertz CT molecular complexity index is 1050. The monoisotopic (exact) mass is 411 g/mol. The molecule has 2 aromatic heterocycles. The maximum atomic E-state index is 12.2. The number of ether oxygens (including phenoxy) is 2. The number of hydrogen-bond donors (Lipinski definition) is 1. The summed E-state index contributed by atoms with van der Waals surface area (Å²) in [5, 5.41) is 0.753. The van der Waals surface area contributed by atoms with Crippen molar-refractivity contribution in [3.8, 4) is 16.3 Å². The van der Waals surface area contributed by atoms with Crippen LogP contribution in [0.25, 0.3) is 20.8 Å². The second-order valence-corrected chi connectivity index (χ2v) is 8.58. The lowest BCUT2D eigenvalue weighted by atomic mass is 9.91. The fourth-order valence-corrected chi connectivity index (χ4v) is 5.19. The number of carbonyl (C=O) groups is 1. The summed E-state index contributed by atoms with van der Waals surface area (Å²) in [6.07, 6.45) is 3.62. The van der Waals surface area contributed by atoms with Crippen molar-refractivity contribution in [2.24, 2.45) is 5.73 Å². The lowest BCUT2D eigenvalue weighted by Gasteiger charge is -2.23. The number of rotatable bonds is 5. The van der Waals surface area contributed by atoms with Gasteiger partial charge >= 0.3 is 0 Å². The number of aromatic nitrogens is 2. The van der Waals surface area contributed by atoms with Crippen molar-refractivity contribution in [2.75, 3.05) is 20.3 Å². The van der Waals surface area contributed by atoms with Crippen LogP contribution in [0.2, 0.25) is 0 Å². The van der Waals surface area contributed by atoms with Crippen LogP contribution in [0.3, 0.4) is 0 Å². The van der Waals surface area contributed by atoms with E-state index >= 15 is 0 Å². The Kier molecular flexibility index (Phi) is 5.52. The van der Waals surface area contributed by atoms with Crippen LogP contribution in [-0.2, 0) is 4.74 Å². The second-order valence-electron chi connectivity index (χ2n) is 7.58. The molecule has 4 rings (SSSR count). The van der Waals surface area contributed by atoms with Crippen LogP contribution in [0.15, 0.2) is 24.4 Å². The minimum absolute atomic E-state index is 0.133. The van der Waals surface area contributed by atoms with Gasteiger partial charge in [-0.3, -0.25) is 9.78 Å². The molecule has 2 N–H and O–H groups in total. The van der Waals surface area contributed by atoms with E-state index in [2.05, 4.69) is 24.9 Å². The molecule has 3 heterocycles. The number of nitrogens with zero attached hydrogens (tertiary/aromatic N) is 2. The van der Waals surface area contributed by atoms with E-state index in [1.54, 1.807) is 30.7 Å². The Hall–Kier alpha value is -2.51. The molecule has 1 saturated heterocycles. The van der Waals surface area contributed by atoms with Crippen LogP contribution in [0, 0.1) is 0 Å². The Morgan fingerprint density at radius 2 is 2.03 bits per heavy atom. The minimum atomic E-state index is -0.472. The number of carbonyl (C=O) groups excluding carboxylic acids is 1. The van der Waals surface area contributed by atoms with Crippen LogP contribution in [0.4, 0.5) is 0 Å². The van der Waals surface area contributed by atoms with E-state index in [-0.39, 0.29) is 5.92 Å². The van der Waals surface area contributed by atoms with Gasteiger partial charge in [-0.05, 0) is 42.4 Å². The smallest absolute Gasteiger partial charge is 0.249 e. The first-order chi connectivity index (χ1) is 14.0. The summed E-state index contributed by atoms with van der Waals surface area (Å²) in [5.41, 5.74) is 9.79. The van der Waals surface area contributed by atoms with Gasteiger partial charge in [0.25, 0.3) is 0 Å². The van der Waals surface area contributed by atoms with Gasteiger partial charge in [-0.25, -0.2) is 4.98 Å². The van der Waals surface area contributed by atoms with Gasteiger partial charge in [-0.2, -0.15) is 0 Å². The van der Waals surface area contributed by atoms with Crippen molar-refractivity contribution in [1.82, 2.24) is 9.97 Å². The van der Waals surface area contributed by atoms with E-state index in [0.29, 0.717) is 11.5 Å². The molecule has 0 aliphatic carbocycles. The molecule has 7 heteroatoms. The summed E-state index contributed by atoms with van der Waals surface area (Å²) in [6.45, 7) is 5.65. The number of thiazole rings is 1. The first-order valence-corrected chi connectivity index (χ1v) is 10.7. The molecule has 1 fully saturated rings. The minimum Gasteiger partial charge on any atom is -0.494 e. The molecule has 0 unspecified atom stereocenters. The van der Waals surface area contributed by atoms with E-state index in [4.69, 9.17) is 20.2 Å². The molecule has 1 aromatic carbocycles. The standard InChI is InChI=1S/C22H25N3O3S/c1-12(2)18-17(15(21(23)26)6-9-24-18)22-25-19-16(27-3)5-4-14(20(19)29-22)13-7-10-28-11-8-13/h4-6,9,12-13H,7-8,10-11H2,1-3H3,(H2,23,26). The largest absolute Gasteiger partial charge is 0.494 e. The molecule has 0 radical (unpaired) electrons. The van der Waals surface area contributed by atoms with Crippen LogP contribution in [0.1, 0.15) is 60.1 Å². The lowest BCUT2D eigenvalue weighted by molar-refractivity contribution is 0.0856. The predicted molar refractivity (Wildman–Crippen MR) is 115 cm³/mol. The fraction of sp³-hybridized carbons (Fsp3) is 0.409. The molecule has 3 aromatic rings. The molecule has 0 bridgehead atoms. The van der Waals surface area contributed by atoms with Crippen LogP contribution >= 0.6 is 11.3 Å². The number of pyridine rings is 1. The summed E-state index contributed by atoms with van der Waals surface area (Å²) in [7, 11) is 1.65. The maximum Gasteiger partial charge on any atom is 0.249 e. The summed E-state index contributed by atoms with van der Waals surface area (Å²) in [4.78, 5) is 21.6. The fourth-order valence-electron chi connectivity index (χ4n) is 3.95. The van der Waals surface area contributed by atoms with Gasteiger partial charge in [-0.15, -0.1) is 11.3 Å². The van der Waals surface area contributed by atoms with Crippen molar-refractivity contribution >= 4 is 27.5 Å². The van der Waals surface area contributed by atoms with Crippen molar-refractivity contribution in [3.05, 3.63) is 41.2 Å². The zero-order valence-corrected chi connectivity index (χ0v) is 17.7. The third-order valence-electron chi connectivity index (χ3n) is 5.42. The maximum absolute atomic E-state index is 12.2. The Balaban J connectivity index is 1.96. The third kappa shape index (κ3) is 3.60. The van der Waals surface area contributed by atoms with Gasteiger partial charge in [0, 0.05) is 25.0 Å². The van der Waals surface area contributed by atoms with Gasteiger partial charge in [0.05, 0.1) is 23.1 Å². The molecule has 152 valence electrons. The molecule has 6 nitrogen and oxygen atoms in total. The molecular weight excluding hydrogens is 386 g/mol. The highest BCUT2D eigenvalue weighted by Gasteiger charge is 2.25. The van der Waals surface area contributed by atoms with Crippen molar-refractivity contribution in [2.45, 2.75) is 38.5 Å². The predicted octanol–water partition coefficient (Wildman–Crippen LogP) is 4.48. The topological polar surface area (TPSA) is 87.3 Å². The summed E-state index contributed by atoms with van der Waals surface area (Å²) in [6, 6.07) is 5.80. The zero-order valence-electron chi connectivity index (χ0n) is 16.9. The van der Waals surface area contributed by atoms with Gasteiger partial charge in [0.15, 0.2) is 0 Å². The zero-order chi connectivity index (χ0) is 20.5. The van der Waals surface area contributed by atoms with Gasteiger partial charge in [0.2, 0.25) is 5.91 Å². The van der Waals surface area contributed by atoms with Crippen LogP contribution in [0.5, 0.6) is 5.75 Å². The SMILES string of the molecule is COc1ccc(C2CCOCC2)c2sc(-c3c(C(N)=O)ccnc3C(C)C)nc12. The average Bonchev–Trinajstić information content (AvgIpc) is 3.18. The summed E-state index contributed by atoms with van der Waals surface area (Å²) in [5.74, 6) is 0.821. The van der Waals surface area contributed by atoms with E-state index in [9.17, 15) is 4.79 Å². The Labute approximate surface area is 174 Å². The average molecular weight is 412 g/mol. The molecule has 29 heavy (non-hydrogen) atoms. The molecule has 0 atom stereocenters. The van der Waals surface area contributed by atoms with E-state index < -0.39 is 5.91 Å². The number of fused-ring (bicyclic) bond motifs is 1. The molecule has 0 spiro atoms. The Morgan fingerprint density at radius 1 is 1.28 bits per heavy atom. The van der Waals surface area contributed by atoms with E-state index in [1.165, 1.54) is 5.56 Å². The number of hydrogen-bond acceptors (Lipinski definition) is 6. The third-order valence-corrected chi connectivity index (χ3v) is 6.55. The first kappa shape index (κ1) is 19.8. The number of amides is 1. The van der Waals surface area contributed by atoms with Gasteiger partial charge < -0.3 is 15.2 Å². The van der Waals surface area contributed by atoms with Crippen LogP contribution < -0.4 is 10.5 Å². The quantitative estimate of drug-likeness (QED) is 0.669. The van der Waals surface area contributed by atoms with E-state index in [1.807, 2.05) is 6.07 Å². The van der Waals surface area contributed by atoms with Gasteiger partial charge in [0.1, 0.15) is 16.3 Å². The number of nitrogens with two attached hydrogens (primary N) is 1. The van der Waals surface area contributed by atoms with Crippen molar-refractivity contribution in [1.29, 1.82) is 0 Å². The number of methoxy groups -OCH3 is 1. The molecule has 1 aliphatic rings.